The van der Waals surface area contributed by atoms with Crippen LogP contribution in [0.15, 0.2) is 54.9 Å². The van der Waals surface area contributed by atoms with E-state index in [0.717, 1.165) is 14.1 Å². The van der Waals surface area contributed by atoms with Crippen LogP contribution in [0.5, 0.6) is 0 Å². The second kappa shape index (κ2) is 3.20. The Morgan fingerprint density at radius 3 is 2.82 bits per heavy atom. The Kier molecular flexibility index (Phi) is 1.69. The van der Waals surface area contributed by atoms with E-state index in [9.17, 15) is 0 Å². The van der Waals surface area contributed by atoms with E-state index in [4.69, 9.17) is 0 Å². The van der Waals surface area contributed by atoms with Crippen LogP contribution in [-0.2, 0) is 6.54 Å². The minimum Gasteiger partial charge on any atom is -0.376 e. The normalized spacial score (nSPS) is 14.0. The van der Waals surface area contributed by atoms with Crippen molar-refractivity contribution in [1.82, 2.24) is 9.15 Å². The Labute approximate surface area is 100 Å². The predicted octanol–water partition coefficient (Wildman–Crippen LogP) is 1.71. The number of benzene rings is 1. The van der Waals surface area contributed by atoms with E-state index in [-0.39, 0.29) is 0 Å². The number of aromatic nitrogens is 2. The molecule has 0 bridgehead atoms. The molecule has 0 unspecified atom stereocenters. The number of para-hydroxylation sites is 1. The third-order valence-corrected chi connectivity index (χ3v) is 3.47. The van der Waals surface area contributed by atoms with Crippen LogP contribution in [0.25, 0.3) is 10.9 Å². The first-order valence-electron chi connectivity index (χ1n) is 5.87. The molecule has 4 heteroatoms. The maximum atomic E-state index is 2.34. The molecule has 4 rings (SSSR count). The van der Waals surface area contributed by atoms with E-state index in [0.29, 0.717) is 0 Å². The van der Waals surface area contributed by atoms with Gasteiger partial charge >= 0.3 is 7.55 Å². The molecule has 0 atom stereocenters. The number of nitrogens with zero attached hydrogens (tertiary/aromatic N) is 3. The first kappa shape index (κ1) is 8.99. The number of hydrogen-bond acceptors (Lipinski definition) is 1. The smallest absolute Gasteiger partial charge is 0.376 e. The van der Waals surface area contributed by atoms with E-state index in [1.54, 1.807) is 0 Å². The lowest BCUT2D eigenvalue weighted by Gasteiger charge is -2.19. The molecule has 0 amide bonds. The fourth-order valence-corrected chi connectivity index (χ4v) is 2.60. The minimum absolute atomic E-state index is 0.932. The van der Waals surface area contributed by atoms with Crippen molar-refractivity contribution in [3.63, 3.8) is 0 Å². The molecular formula is C13H12BN3. The van der Waals surface area contributed by atoms with E-state index < -0.39 is 0 Å². The molecule has 3 heterocycles. The molecule has 17 heavy (non-hydrogen) atoms. The van der Waals surface area contributed by atoms with Crippen molar-refractivity contribution in [3.8, 4) is 0 Å². The molecule has 0 saturated heterocycles. The van der Waals surface area contributed by atoms with Crippen molar-refractivity contribution >= 4 is 18.5 Å². The third kappa shape index (κ3) is 1.24. The average molecular weight is 221 g/mol. The highest BCUT2D eigenvalue weighted by atomic mass is 15.5. The van der Waals surface area contributed by atoms with Crippen molar-refractivity contribution < 1.29 is 0 Å². The summed E-state index contributed by atoms with van der Waals surface area (Å²) in [6.07, 6.45) is 4.29. The van der Waals surface area contributed by atoms with Gasteiger partial charge < -0.3 is 9.40 Å². The highest BCUT2D eigenvalue weighted by molar-refractivity contribution is 6.38. The molecule has 3 nitrogen and oxygen atoms in total. The van der Waals surface area contributed by atoms with Gasteiger partial charge in [-0.3, -0.25) is 4.68 Å². The molecule has 2 aromatic heterocycles. The Balaban J connectivity index is 1.79. The second-order valence-electron chi connectivity index (χ2n) is 4.49. The van der Waals surface area contributed by atoms with Crippen LogP contribution in [0.1, 0.15) is 5.69 Å². The number of hydrogen-bond donors (Lipinski definition) is 0. The Morgan fingerprint density at radius 2 is 1.88 bits per heavy atom. The summed E-state index contributed by atoms with van der Waals surface area (Å²) >= 11 is 0. The Bertz CT molecular complexity index is 662. The molecule has 1 aromatic carbocycles. The van der Waals surface area contributed by atoms with E-state index in [1.807, 2.05) is 0 Å². The Hall–Kier alpha value is -2.10. The van der Waals surface area contributed by atoms with Crippen LogP contribution < -0.4 is 4.92 Å². The quantitative estimate of drug-likeness (QED) is 0.570. The maximum Gasteiger partial charge on any atom is 0.376 e. The zero-order valence-electron chi connectivity index (χ0n) is 9.45. The van der Waals surface area contributed by atoms with Crippen LogP contribution in [-0.4, -0.2) is 16.7 Å². The molecule has 0 radical (unpaired) electrons. The maximum absolute atomic E-state index is 2.34. The van der Waals surface area contributed by atoms with Gasteiger partial charge in [-0.1, -0.05) is 18.2 Å². The summed E-state index contributed by atoms with van der Waals surface area (Å²) in [5, 5.41) is 1.30. The molecule has 3 aromatic rings. The lowest BCUT2D eigenvalue weighted by molar-refractivity contribution is 0.776. The molecule has 1 aliphatic heterocycles. The van der Waals surface area contributed by atoms with E-state index in [1.165, 1.54) is 16.6 Å². The number of rotatable bonds is 1. The van der Waals surface area contributed by atoms with Crippen molar-refractivity contribution in [1.29, 1.82) is 0 Å². The van der Waals surface area contributed by atoms with Crippen molar-refractivity contribution in [2.75, 3.05) is 4.92 Å². The van der Waals surface area contributed by atoms with Gasteiger partial charge in [-0.2, -0.15) is 0 Å². The lowest BCUT2D eigenvalue weighted by atomic mass is 10.2. The fraction of sp³-hybridized carbons (Fsp3) is 0.0769. The first-order valence-corrected chi connectivity index (χ1v) is 5.87. The zero-order valence-corrected chi connectivity index (χ0v) is 9.45. The van der Waals surface area contributed by atoms with Gasteiger partial charge in [0.25, 0.3) is 0 Å². The summed E-state index contributed by atoms with van der Waals surface area (Å²) in [4.78, 5) is 2.34. The van der Waals surface area contributed by atoms with Gasteiger partial charge in [0, 0.05) is 17.3 Å². The lowest BCUT2D eigenvalue weighted by Crippen LogP contribution is -2.33. The average Bonchev–Trinajstić information content (AvgIpc) is 3.01. The van der Waals surface area contributed by atoms with Crippen LogP contribution in [0.3, 0.4) is 0 Å². The van der Waals surface area contributed by atoms with E-state index in [2.05, 4.69) is 68.9 Å². The topological polar surface area (TPSA) is 13.1 Å². The van der Waals surface area contributed by atoms with Gasteiger partial charge in [-0.25, -0.2) is 0 Å². The largest absolute Gasteiger partial charge is 0.376 e. The van der Waals surface area contributed by atoms with Crippen LogP contribution in [0, 0.1) is 0 Å². The molecule has 1 aliphatic rings. The fourth-order valence-electron chi connectivity index (χ4n) is 2.60. The number of fused-ring (bicyclic) bond motifs is 2. The molecule has 0 saturated carbocycles. The standard InChI is InChI=1S/C13H12BN3/c1-2-6-13-11(4-1)7-9-16(13)17-10-12-5-3-8-15(12)14-17/h1-9,14H,10H2. The van der Waals surface area contributed by atoms with Crippen molar-refractivity contribution in [2.45, 2.75) is 6.54 Å². The van der Waals surface area contributed by atoms with Crippen LogP contribution >= 0.6 is 0 Å². The van der Waals surface area contributed by atoms with Gasteiger partial charge in [0.05, 0.1) is 12.1 Å². The van der Waals surface area contributed by atoms with Gasteiger partial charge in [0.15, 0.2) is 0 Å². The summed E-state index contributed by atoms with van der Waals surface area (Å²) in [6, 6.07) is 15.0. The molecule has 0 spiro atoms. The molecule has 0 N–H and O–H groups in total. The molecule has 0 fully saturated rings. The first-order chi connectivity index (χ1) is 8.42. The third-order valence-electron chi connectivity index (χ3n) is 3.47. The second-order valence-corrected chi connectivity index (χ2v) is 4.49. The zero-order chi connectivity index (χ0) is 11.2. The highest BCUT2D eigenvalue weighted by Gasteiger charge is 2.20. The molecule has 0 aliphatic carbocycles. The van der Waals surface area contributed by atoms with Gasteiger partial charge in [0.1, 0.15) is 0 Å². The summed E-state index contributed by atoms with van der Waals surface area (Å²) < 4.78 is 4.54. The van der Waals surface area contributed by atoms with E-state index >= 15 is 0 Å². The highest BCUT2D eigenvalue weighted by Crippen LogP contribution is 2.19. The van der Waals surface area contributed by atoms with Gasteiger partial charge in [0.2, 0.25) is 0 Å². The van der Waals surface area contributed by atoms with Gasteiger partial charge in [-0.05, 0) is 30.5 Å². The molecule has 82 valence electrons. The van der Waals surface area contributed by atoms with Gasteiger partial charge in [-0.15, -0.1) is 0 Å². The molecular weight excluding hydrogens is 209 g/mol. The van der Waals surface area contributed by atoms with Crippen LogP contribution in [0.4, 0.5) is 0 Å². The summed E-state index contributed by atoms with van der Waals surface area (Å²) in [7, 11) is 0.932. The summed E-state index contributed by atoms with van der Waals surface area (Å²) in [5.74, 6) is 0. The van der Waals surface area contributed by atoms with Crippen molar-refractivity contribution in [3.05, 3.63) is 60.6 Å². The summed E-state index contributed by atoms with van der Waals surface area (Å²) in [5.41, 5.74) is 2.65. The van der Waals surface area contributed by atoms with Crippen LogP contribution in [0.2, 0.25) is 0 Å². The monoisotopic (exact) mass is 221 g/mol. The van der Waals surface area contributed by atoms with Crippen molar-refractivity contribution in [2.24, 2.45) is 0 Å². The summed E-state index contributed by atoms with van der Waals surface area (Å²) in [6.45, 7) is 0.978. The SMILES string of the molecule is B1N(n2ccc3ccccc32)Cc2cccn21. The predicted molar refractivity (Wildman–Crippen MR) is 70.8 cm³/mol. The Morgan fingerprint density at radius 1 is 0.941 bits per heavy atom. The minimum atomic E-state index is 0.932.